The molecule has 0 fully saturated rings. The van der Waals surface area contributed by atoms with Crippen LogP contribution in [-0.2, 0) is 14.9 Å². The van der Waals surface area contributed by atoms with E-state index >= 15 is 0 Å². The van der Waals surface area contributed by atoms with Gasteiger partial charge in [0.15, 0.2) is 0 Å². The van der Waals surface area contributed by atoms with Crippen LogP contribution in [0.3, 0.4) is 0 Å². The molecule has 3 N–H and O–H groups in total. The van der Waals surface area contributed by atoms with E-state index in [1.807, 2.05) is 0 Å². The first-order valence-corrected chi connectivity index (χ1v) is 4.90. The Morgan fingerprint density at radius 3 is 2.33 bits per heavy atom. The Labute approximate surface area is 70.3 Å². The monoisotopic (exact) mass is 197 g/mol. The second kappa shape index (κ2) is 5.07. The Morgan fingerprint density at radius 2 is 1.92 bits per heavy atom. The zero-order valence-electron chi connectivity index (χ0n) is 6.36. The highest BCUT2D eigenvalue weighted by Gasteiger charge is 2.02. The third-order valence-electron chi connectivity index (χ3n) is 1.05. The van der Waals surface area contributed by atoms with Crippen molar-refractivity contribution >= 4 is 16.1 Å². The average Bonchev–Trinajstić information content (AvgIpc) is 1.83. The van der Waals surface area contributed by atoms with Gasteiger partial charge in [-0.3, -0.25) is 9.35 Å². The van der Waals surface area contributed by atoms with Crippen molar-refractivity contribution in [2.45, 2.75) is 6.42 Å². The van der Waals surface area contributed by atoms with Crippen molar-refractivity contribution in [2.24, 2.45) is 0 Å². The first-order chi connectivity index (χ1) is 5.42. The number of hydrogen-bond donors (Lipinski definition) is 3. The molecule has 12 heavy (non-hydrogen) atoms. The van der Waals surface area contributed by atoms with E-state index in [0.717, 1.165) is 0 Å². The van der Waals surface area contributed by atoms with Crippen molar-refractivity contribution in [1.82, 2.24) is 5.32 Å². The van der Waals surface area contributed by atoms with Crippen molar-refractivity contribution < 1.29 is 22.9 Å². The summed E-state index contributed by atoms with van der Waals surface area (Å²) in [6, 6.07) is 0. The van der Waals surface area contributed by atoms with Crippen LogP contribution in [0.15, 0.2) is 0 Å². The van der Waals surface area contributed by atoms with Gasteiger partial charge in [0, 0.05) is 13.1 Å². The standard InChI is InChI=1S/C5H11NO5S/c7-5(8)1-2-6-3-4-12(9,10)11/h6H,1-4H2,(H,7,8)(H,9,10,11). The minimum absolute atomic E-state index is 0.0616. The zero-order chi connectivity index (χ0) is 9.61. The lowest BCUT2D eigenvalue weighted by molar-refractivity contribution is -0.136. The summed E-state index contributed by atoms with van der Waals surface area (Å²) in [5.41, 5.74) is 0. The predicted molar refractivity (Wildman–Crippen MR) is 41.5 cm³/mol. The predicted octanol–water partition coefficient (Wildman–Crippen LogP) is -1.06. The fourth-order valence-electron chi connectivity index (χ4n) is 0.521. The lowest BCUT2D eigenvalue weighted by atomic mass is 10.4. The maximum Gasteiger partial charge on any atom is 0.304 e. The maximum absolute atomic E-state index is 10.1. The van der Waals surface area contributed by atoms with Gasteiger partial charge >= 0.3 is 5.97 Å². The molecule has 0 bridgehead atoms. The Hall–Kier alpha value is -0.660. The summed E-state index contributed by atoms with van der Waals surface area (Å²) in [5.74, 6) is -1.35. The molecule has 0 amide bonds. The smallest absolute Gasteiger partial charge is 0.304 e. The number of nitrogens with one attached hydrogen (secondary N) is 1. The topological polar surface area (TPSA) is 104 Å². The van der Waals surface area contributed by atoms with Gasteiger partial charge in [-0.2, -0.15) is 8.42 Å². The lowest BCUT2D eigenvalue weighted by Gasteiger charge is -1.99. The molecule has 0 aromatic carbocycles. The molecule has 0 radical (unpaired) electrons. The number of aliphatic carboxylic acids is 1. The van der Waals surface area contributed by atoms with Crippen LogP contribution in [0.1, 0.15) is 6.42 Å². The minimum atomic E-state index is -3.93. The molecular weight excluding hydrogens is 186 g/mol. The third kappa shape index (κ3) is 9.34. The van der Waals surface area contributed by atoms with Crippen molar-refractivity contribution in [3.8, 4) is 0 Å². The van der Waals surface area contributed by atoms with Crippen molar-refractivity contribution in [2.75, 3.05) is 18.8 Å². The summed E-state index contributed by atoms with van der Waals surface area (Å²) < 4.78 is 28.5. The van der Waals surface area contributed by atoms with Crippen LogP contribution in [-0.4, -0.2) is 42.9 Å². The van der Waals surface area contributed by atoms with Gasteiger partial charge in [0.25, 0.3) is 10.1 Å². The van der Waals surface area contributed by atoms with Gasteiger partial charge in [0.05, 0.1) is 12.2 Å². The van der Waals surface area contributed by atoms with Crippen molar-refractivity contribution in [3.63, 3.8) is 0 Å². The molecule has 0 rings (SSSR count). The minimum Gasteiger partial charge on any atom is -0.481 e. The molecule has 0 spiro atoms. The van der Waals surface area contributed by atoms with Crippen LogP contribution in [0.4, 0.5) is 0 Å². The van der Waals surface area contributed by atoms with Gasteiger partial charge < -0.3 is 10.4 Å². The molecule has 0 saturated carbocycles. The second-order valence-electron chi connectivity index (χ2n) is 2.18. The van der Waals surface area contributed by atoms with Gasteiger partial charge in [-0.1, -0.05) is 0 Å². The van der Waals surface area contributed by atoms with Gasteiger partial charge in [-0.25, -0.2) is 0 Å². The van der Waals surface area contributed by atoms with Crippen LogP contribution in [0.25, 0.3) is 0 Å². The van der Waals surface area contributed by atoms with Gasteiger partial charge in [-0.15, -0.1) is 0 Å². The third-order valence-corrected chi connectivity index (χ3v) is 1.77. The molecule has 0 atom stereocenters. The molecule has 0 heterocycles. The highest BCUT2D eigenvalue weighted by molar-refractivity contribution is 7.85. The Kier molecular flexibility index (Phi) is 4.79. The summed E-state index contributed by atoms with van der Waals surface area (Å²) in [4.78, 5) is 9.95. The molecule has 6 nitrogen and oxygen atoms in total. The molecule has 0 aliphatic rings. The Morgan fingerprint density at radius 1 is 1.33 bits per heavy atom. The van der Waals surface area contributed by atoms with Crippen LogP contribution < -0.4 is 5.32 Å². The highest BCUT2D eigenvalue weighted by atomic mass is 32.2. The van der Waals surface area contributed by atoms with Crippen LogP contribution in [0.5, 0.6) is 0 Å². The van der Waals surface area contributed by atoms with Gasteiger partial charge in [0.2, 0.25) is 0 Å². The maximum atomic E-state index is 10.1. The molecule has 0 aromatic rings. The number of carbonyl (C=O) groups is 1. The quantitative estimate of drug-likeness (QED) is 0.370. The molecule has 7 heteroatoms. The molecule has 0 aromatic heterocycles. The van der Waals surface area contributed by atoms with E-state index < -0.39 is 21.8 Å². The van der Waals surface area contributed by atoms with E-state index in [1.165, 1.54) is 0 Å². The van der Waals surface area contributed by atoms with Gasteiger partial charge in [-0.05, 0) is 0 Å². The SMILES string of the molecule is O=C(O)CCNCCS(=O)(=O)O. The Bertz CT molecular complexity index is 234. The zero-order valence-corrected chi connectivity index (χ0v) is 7.17. The van der Waals surface area contributed by atoms with Crippen LogP contribution in [0, 0.1) is 0 Å². The van der Waals surface area contributed by atoms with E-state index in [1.54, 1.807) is 0 Å². The fraction of sp³-hybridized carbons (Fsp3) is 0.800. The van der Waals surface area contributed by atoms with Crippen LogP contribution in [0.2, 0.25) is 0 Å². The normalized spacial score (nSPS) is 11.4. The molecule has 72 valence electrons. The second-order valence-corrected chi connectivity index (χ2v) is 3.75. The largest absolute Gasteiger partial charge is 0.481 e. The van der Waals surface area contributed by atoms with Crippen molar-refractivity contribution in [1.29, 1.82) is 0 Å². The summed E-state index contributed by atoms with van der Waals surface area (Å²) in [6.45, 7) is 0.261. The fourth-order valence-corrected chi connectivity index (χ4v) is 0.924. The molecule has 0 unspecified atom stereocenters. The van der Waals surface area contributed by atoms with E-state index in [9.17, 15) is 13.2 Å². The molecule has 0 aliphatic heterocycles. The van der Waals surface area contributed by atoms with Crippen molar-refractivity contribution in [3.05, 3.63) is 0 Å². The van der Waals surface area contributed by atoms with E-state index in [-0.39, 0.29) is 19.5 Å². The summed E-state index contributed by atoms with van der Waals surface area (Å²) in [5, 5.41) is 10.7. The number of hydrogen-bond acceptors (Lipinski definition) is 4. The molecule has 0 aliphatic carbocycles. The summed E-state index contributed by atoms with van der Waals surface area (Å²) in [6.07, 6.45) is -0.0640. The first kappa shape index (κ1) is 11.3. The number of carboxylic acid groups (broad SMARTS) is 1. The Balaban J connectivity index is 3.29. The van der Waals surface area contributed by atoms with Gasteiger partial charge in [0.1, 0.15) is 0 Å². The van der Waals surface area contributed by atoms with Crippen LogP contribution >= 0.6 is 0 Å². The van der Waals surface area contributed by atoms with E-state index in [0.29, 0.717) is 0 Å². The molecule has 0 saturated heterocycles. The number of carboxylic acids is 1. The van der Waals surface area contributed by atoms with E-state index in [2.05, 4.69) is 5.32 Å². The highest BCUT2D eigenvalue weighted by Crippen LogP contribution is 1.80. The lowest BCUT2D eigenvalue weighted by Crippen LogP contribution is -2.24. The van der Waals surface area contributed by atoms with E-state index in [4.69, 9.17) is 9.66 Å². The number of rotatable bonds is 6. The average molecular weight is 197 g/mol. The molecular formula is C5H11NO5S. The summed E-state index contributed by atoms with van der Waals surface area (Å²) >= 11 is 0. The summed E-state index contributed by atoms with van der Waals surface area (Å²) in [7, 11) is -3.93. The first-order valence-electron chi connectivity index (χ1n) is 3.29.